The van der Waals surface area contributed by atoms with E-state index in [4.69, 9.17) is 15.5 Å². The van der Waals surface area contributed by atoms with Crippen molar-refractivity contribution >= 4 is 16.7 Å². The Morgan fingerprint density at radius 1 is 1.24 bits per heavy atom. The van der Waals surface area contributed by atoms with Crippen LogP contribution in [0.25, 0.3) is 22.4 Å². The van der Waals surface area contributed by atoms with Crippen LogP contribution in [0.1, 0.15) is 0 Å². The third kappa shape index (κ3) is 2.36. The van der Waals surface area contributed by atoms with E-state index >= 15 is 0 Å². The predicted molar refractivity (Wildman–Crippen MR) is 86.3 cm³/mol. The second-order valence-corrected chi connectivity index (χ2v) is 4.81. The van der Waals surface area contributed by atoms with E-state index in [0.29, 0.717) is 6.54 Å². The highest BCUT2D eigenvalue weighted by Gasteiger charge is 2.12. The topological polar surface area (TPSA) is 53.1 Å². The molecule has 0 spiro atoms. The SMILES string of the molecule is C=CCn1c(-c2ccc(N)cc2)nc2cc(OC)ccc21. The van der Waals surface area contributed by atoms with E-state index < -0.39 is 0 Å². The molecule has 0 saturated carbocycles. The summed E-state index contributed by atoms with van der Waals surface area (Å²) in [5, 5.41) is 0. The fraction of sp³-hybridized carbons (Fsp3) is 0.118. The number of nitrogens with zero attached hydrogens (tertiary/aromatic N) is 2. The summed E-state index contributed by atoms with van der Waals surface area (Å²) in [7, 11) is 1.66. The summed E-state index contributed by atoms with van der Waals surface area (Å²) in [6.45, 7) is 4.53. The number of aromatic nitrogens is 2. The molecule has 1 heterocycles. The lowest BCUT2D eigenvalue weighted by Gasteiger charge is -2.07. The van der Waals surface area contributed by atoms with Gasteiger partial charge in [-0.05, 0) is 36.4 Å². The van der Waals surface area contributed by atoms with Crippen molar-refractivity contribution in [3.05, 3.63) is 55.1 Å². The molecule has 1 aromatic heterocycles. The molecule has 21 heavy (non-hydrogen) atoms. The van der Waals surface area contributed by atoms with Crippen LogP contribution < -0.4 is 10.5 Å². The van der Waals surface area contributed by atoms with Gasteiger partial charge in [-0.3, -0.25) is 0 Å². The molecule has 0 unspecified atom stereocenters. The second kappa shape index (κ2) is 5.32. The maximum Gasteiger partial charge on any atom is 0.141 e. The smallest absolute Gasteiger partial charge is 0.141 e. The molecule has 2 aromatic carbocycles. The maximum absolute atomic E-state index is 5.75. The summed E-state index contributed by atoms with van der Waals surface area (Å²) >= 11 is 0. The maximum atomic E-state index is 5.75. The zero-order valence-electron chi connectivity index (χ0n) is 11.9. The van der Waals surface area contributed by atoms with E-state index in [-0.39, 0.29) is 0 Å². The zero-order chi connectivity index (χ0) is 14.8. The minimum atomic E-state index is 0.697. The highest BCUT2D eigenvalue weighted by atomic mass is 16.5. The van der Waals surface area contributed by atoms with Crippen molar-refractivity contribution in [2.45, 2.75) is 6.54 Å². The Kier molecular flexibility index (Phi) is 3.36. The van der Waals surface area contributed by atoms with Crippen molar-refractivity contribution in [2.75, 3.05) is 12.8 Å². The first-order valence-corrected chi connectivity index (χ1v) is 6.74. The van der Waals surface area contributed by atoms with Crippen LogP contribution in [0, 0.1) is 0 Å². The molecular weight excluding hydrogens is 262 g/mol. The molecule has 0 aliphatic rings. The number of hydrogen-bond acceptors (Lipinski definition) is 3. The molecule has 0 amide bonds. The number of benzene rings is 2. The first kappa shape index (κ1) is 13.2. The summed E-state index contributed by atoms with van der Waals surface area (Å²) in [6.07, 6.45) is 1.87. The molecule has 0 radical (unpaired) electrons. The van der Waals surface area contributed by atoms with Gasteiger partial charge in [0.25, 0.3) is 0 Å². The first-order chi connectivity index (χ1) is 10.2. The molecule has 0 fully saturated rings. The number of fused-ring (bicyclic) bond motifs is 1. The molecule has 106 valence electrons. The fourth-order valence-corrected chi connectivity index (χ4v) is 2.40. The minimum Gasteiger partial charge on any atom is -0.497 e. The van der Waals surface area contributed by atoms with Crippen LogP contribution in [0.15, 0.2) is 55.1 Å². The second-order valence-electron chi connectivity index (χ2n) is 4.81. The number of nitrogens with two attached hydrogens (primary N) is 1. The summed E-state index contributed by atoms with van der Waals surface area (Å²) in [6, 6.07) is 13.6. The monoisotopic (exact) mass is 279 g/mol. The molecule has 4 heteroatoms. The summed E-state index contributed by atoms with van der Waals surface area (Å²) in [4.78, 5) is 4.73. The van der Waals surface area contributed by atoms with Crippen LogP contribution in [0.5, 0.6) is 5.75 Å². The van der Waals surface area contributed by atoms with Gasteiger partial charge in [-0.25, -0.2) is 4.98 Å². The third-order valence-electron chi connectivity index (χ3n) is 3.44. The van der Waals surface area contributed by atoms with Crippen LogP contribution in [0.2, 0.25) is 0 Å². The molecule has 0 atom stereocenters. The Morgan fingerprint density at radius 2 is 2.00 bits per heavy atom. The highest BCUT2D eigenvalue weighted by Crippen LogP contribution is 2.28. The average molecular weight is 279 g/mol. The fourth-order valence-electron chi connectivity index (χ4n) is 2.40. The first-order valence-electron chi connectivity index (χ1n) is 6.74. The summed E-state index contributed by atoms with van der Waals surface area (Å²) < 4.78 is 7.40. The molecule has 3 aromatic rings. The molecule has 2 N–H and O–H groups in total. The number of allylic oxidation sites excluding steroid dienone is 1. The van der Waals surface area contributed by atoms with Crippen molar-refractivity contribution in [1.29, 1.82) is 0 Å². The normalized spacial score (nSPS) is 10.7. The average Bonchev–Trinajstić information content (AvgIpc) is 2.86. The van der Waals surface area contributed by atoms with E-state index in [9.17, 15) is 0 Å². The molecule has 0 aliphatic heterocycles. The van der Waals surface area contributed by atoms with Gasteiger partial charge in [0.2, 0.25) is 0 Å². The lowest BCUT2D eigenvalue weighted by molar-refractivity contribution is 0.415. The standard InChI is InChI=1S/C17H17N3O/c1-3-10-20-16-9-8-14(21-2)11-15(16)19-17(20)12-4-6-13(18)7-5-12/h3-9,11H,1,10,18H2,2H3. The van der Waals surface area contributed by atoms with Crippen LogP contribution >= 0.6 is 0 Å². The number of rotatable bonds is 4. The van der Waals surface area contributed by atoms with Crippen molar-refractivity contribution in [1.82, 2.24) is 9.55 Å². The van der Waals surface area contributed by atoms with E-state index in [1.165, 1.54) is 0 Å². The van der Waals surface area contributed by atoms with E-state index in [1.807, 2.05) is 48.5 Å². The van der Waals surface area contributed by atoms with Gasteiger partial charge in [-0.2, -0.15) is 0 Å². The number of anilines is 1. The number of nitrogen functional groups attached to an aromatic ring is 1. The van der Waals surface area contributed by atoms with Gasteiger partial charge in [-0.1, -0.05) is 6.08 Å². The number of ether oxygens (including phenoxy) is 1. The van der Waals surface area contributed by atoms with E-state index in [0.717, 1.165) is 33.9 Å². The predicted octanol–water partition coefficient (Wildman–Crippen LogP) is 3.48. The van der Waals surface area contributed by atoms with E-state index in [2.05, 4.69) is 11.1 Å². The molecule has 0 bridgehead atoms. The molecule has 4 nitrogen and oxygen atoms in total. The molecule has 0 aliphatic carbocycles. The van der Waals surface area contributed by atoms with Crippen LogP contribution in [-0.4, -0.2) is 16.7 Å². The van der Waals surface area contributed by atoms with Gasteiger partial charge in [0.1, 0.15) is 11.6 Å². The Hall–Kier alpha value is -2.75. The molecule has 3 rings (SSSR count). The number of hydrogen-bond donors (Lipinski definition) is 1. The highest BCUT2D eigenvalue weighted by molar-refractivity contribution is 5.82. The van der Waals surface area contributed by atoms with Crippen molar-refractivity contribution < 1.29 is 4.74 Å². The van der Waals surface area contributed by atoms with Crippen LogP contribution in [0.4, 0.5) is 5.69 Å². The largest absolute Gasteiger partial charge is 0.497 e. The van der Waals surface area contributed by atoms with Gasteiger partial charge in [0.15, 0.2) is 0 Å². The van der Waals surface area contributed by atoms with Crippen molar-refractivity contribution in [2.24, 2.45) is 0 Å². The number of imidazole rings is 1. The van der Waals surface area contributed by atoms with Gasteiger partial charge in [-0.15, -0.1) is 6.58 Å². The Labute approximate surface area is 123 Å². The van der Waals surface area contributed by atoms with Gasteiger partial charge in [0, 0.05) is 23.9 Å². The van der Waals surface area contributed by atoms with Gasteiger partial charge in [0.05, 0.1) is 18.1 Å². The van der Waals surface area contributed by atoms with Crippen molar-refractivity contribution in [3.8, 4) is 17.1 Å². The lowest BCUT2D eigenvalue weighted by Crippen LogP contribution is -1.98. The quantitative estimate of drug-likeness (QED) is 0.587. The van der Waals surface area contributed by atoms with Gasteiger partial charge < -0.3 is 15.0 Å². The van der Waals surface area contributed by atoms with E-state index in [1.54, 1.807) is 7.11 Å². The Balaban J connectivity index is 2.22. The van der Waals surface area contributed by atoms with Gasteiger partial charge >= 0.3 is 0 Å². The third-order valence-corrected chi connectivity index (χ3v) is 3.44. The van der Waals surface area contributed by atoms with Crippen molar-refractivity contribution in [3.63, 3.8) is 0 Å². The molecule has 0 saturated heterocycles. The zero-order valence-corrected chi connectivity index (χ0v) is 11.9. The Morgan fingerprint density at radius 3 is 2.67 bits per heavy atom. The van der Waals surface area contributed by atoms with Crippen LogP contribution in [0.3, 0.4) is 0 Å². The number of methoxy groups -OCH3 is 1. The lowest BCUT2D eigenvalue weighted by atomic mass is 10.2. The summed E-state index contributed by atoms with van der Waals surface area (Å²) in [5.74, 6) is 1.70. The Bertz CT molecular complexity index is 788. The molecular formula is C17H17N3O. The van der Waals surface area contributed by atoms with Crippen LogP contribution in [-0.2, 0) is 6.54 Å². The minimum absolute atomic E-state index is 0.697. The summed E-state index contributed by atoms with van der Waals surface area (Å²) in [5.41, 5.74) is 9.49.